The third kappa shape index (κ3) is 4.91. The molecule has 0 aliphatic carbocycles. The van der Waals surface area contributed by atoms with Gasteiger partial charge in [-0.3, -0.25) is 0 Å². The SMILES string of the molecule is C[C@@H](NCC=C(c1ccccc1)c1ccccc1)c1ccc(Br)cc1. The molecule has 0 unspecified atom stereocenters. The third-order valence-corrected chi connectivity index (χ3v) is 4.80. The van der Waals surface area contributed by atoms with Crippen molar-refractivity contribution < 1.29 is 0 Å². The van der Waals surface area contributed by atoms with Gasteiger partial charge in [0, 0.05) is 17.1 Å². The van der Waals surface area contributed by atoms with E-state index in [1.54, 1.807) is 0 Å². The van der Waals surface area contributed by atoms with Gasteiger partial charge in [-0.05, 0) is 41.3 Å². The van der Waals surface area contributed by atoms with Gasteiger partial charge >= 0.3 is 0 Å². The summed E-state index contributed by atoms with van der Waals surface area (Å²) in [7, 11) is 0. The zero-order valence-electron chi connectivity index (χ0n) is 14.3. The molecule has 2 heteroatoms. The minimum atomic E-state index is 0.303. The largest absolute Gasteiger partial charge is 0.307 e. The van der Waals surface area contributed by atoms with Gasteiger partial charge in [-0.25, -0.2) is 0 Å². The molecule has 3 rings (SSSR count). The molecule has 0 heterocycles. The molecule has 0 aliphatic rings. The number of halogens is 1. The molecule has 0 aliphatic heterocycles. The van der Waals surface area contributed by atoms with Crippen LogP contribution in [0.4, 0.5) is 0 Å². The summed E-state index contributed by atoms with van der Waals surface area (Å²) in [5.41, 5.74) is 5.04. The summed E-state index contributed by atoms with van der Waals surface area (Å²) in [6.45, 7) is 3.01. The van der Waals surface area contributed by atoms with Crippen molar-refractivity contribution in [2.24, 2.45) is 0 Å². The van der Waals surface area contributed by atoms with Crippen LogP contribution in [0.25, 0.3) is 5.57 Å². The van der Waals surface area contributed by atoms with Gasteiger partial charge in [0.25, 0.3) is 0 Å². The Morgan fingerprint density at radius 2 is 1.36 bits per heavy atom. The zero-order valence-corrected chi connectivity index (χ0v) is 15.9. The van der Waals surface area contributed by atoms with E-state index >= 15 is 0 Å². The Morgan fingerprint density at radius 1 is 0.840 bits per heavy atom. The quantitative estimate of drug-likeness (QED) is 0.524. The Labute approximate surface area is 158 Å². The number of nitrogens with one attached hydrogen (secondary N) is 1. The molecule has 0 radical (unpaired) electrons. The molecule has 3 aromatic rings. The topological polar surface area (TPSA) is 12.0 Å². The van der Waals surface area contributed by atoms with E-state index in [0.717, 1.165) is 11.0 Å². The molecule has 0 saturated carbocycles. The van der Waals surface area contributed by atoms with Crippen LogP contribution in [0.15, 0.2) is 95.5 Å². The summed E-state index contributed by atoms with van der Waals surface area (Å²) >= 11 is 3.49. The van der Waals surface area contributed by atoms with E-state index in [0.29, 0.717) is 6.04 Å². The van der Waals surface area contributed by atoms with Crippen molar-refractivity contribution in [2.45, 2.75) is 13.0 Å². The third-order valence-electron chi connectivity index (χ3n) is 4.27. The zero-order chi connectivity index (χ0) is 17.5. The molecule has 0 saturated heterocycles. The lowest BCUT2D eigenvalue weighted by Gasteiger charge is -2.14. The molecule has 0 fully saturated rings. The summed E-state index contributed by atoms with van der Waals surface area (Å²) in [4.78, 5) is 0. The van der Waals surface area contributed by atoms with E-state index in [1.807, 2.05) is 0 Å². The molecule has 25 heavy (non-hydrogen) atoms. The van der Waals surface area contributed by atoms with Crippen molar-refractivity contribution in [1.82, 2.24) is 5.32 Å². The van der Waals surface area contributed by atoms with E-state index in [9.17, 15) is 0 Å². The Bertz CT molecular complexity index is 766. The molecule has 1 atom stereocenters. The van der Waals surface area contributed by atoms with Gasteiger partial charge in [0.05, 0.1) is 0 Å². The van der Waals surface area contributed by atoms with Crippen molar-refractivity contribution in [1.29, 1.82) is 0 Å². The molecule has 0 spiro atoms. The van der Waals surface area contributed by atoms with E-state index in [2.05, 4.69) is 119 Å². The number of benzene rings is 3. The first kappa shape index (κ1) is 17.7. The minimum Gasteiger partial charge on any atom is -0.307 e. The first-order valence-electron chi connectivity index (χ1n) is 8.54. The molecular formula is C23H22BrN. The maximum absolute atomic E-state index is 3.60. The van der Waals surface area contributed by atoms with Crippen LogP contribution in [0, 0.1) is 0 Å². The van der Waals surface area contributed by atoms with Crippen LogP contribution in [0.1, 0.15) is 29.7 Å². The smallest absolute Gasteiger partial charge is 0.0294 e. The average molecular weight is 392 g/mol. The van der Waals surface area contributed by atoms with Crippen LogP contribution in [-0.2, 0) is 0 Å². The van der Waals surface area contributed by atoms with E-state index < -0.39 is 0 Å². The van der Waals surface area contributed by atoms with E-state index in [4.69, 9.17) is 0 Å². The van der Waals surface area contributed by atoms with Crippen LogP contribution >= 0.6 is 15.9 Å². The van der Waals surface area contributed by atoms with Crippen LogP contribution in [-0.4, -0.2) is 6.54 Å². The Kier molecular flexibility index (Phi) is 6.21. The molecular weight excluding hydrogens is 370 g/mol. The van der Waals surface area contributed by atoms with Gasteiger partial charge in [0.1, 0.15) is 0 Å². The van der Waals surface area contributed by atoms with Gasteiger partial charge in [-0.1, -0.05) is 94.8 Å². The maximum atomic E-state index is 3.60. The van der Waals surface area contributed by atoms with Gasteiger partial charge in [-0.2, -0.15) is 0 Å². The highest BCUT2D eigenvalue weighted by atomic mass is 79.9. The normalized spacial score (nSPS) is 11.8. The lowest BCUT2D eigenvalue weighted by atomic mass is 9.97. The Morgan fingerprint density at radius 3 is 1.88 bits per heavy atom. The molecule has 0 bridgehead atoms. The van der Waals surface area contributed by atoms with Crippen LogP contribution < -0.4 is 5.32 Å². The highest BCUT2D eigenvalue weighted by Gasteiger charge is 2.06. The lowest BCUT2D eigenvalue weighted by Crippen LogP contribution is -2.18. The lowest BCUT2D eigenvalue weighted by molar-refractivity contribution is 0.617. The fraction of sp³-hybridized carbons (Fsp3) is 0.130. The monoisotopic (exact) mass is 391 g/mol. The van der Waals surface area contributed by atoms with E-state index in [-0.39, 0.29) is 0 Å². The van der Waals surface area contributed by atoms with Crippen LogP contribution in [0.5, 0.6) is 0 Å². The van der Waals surface area contributed by atoms with Gasteiger partial charge < -0.3 is 5.32 Å². The minimum absolute atomic E-state index is 0.303. The molecule has 0 amide bonds. The first-order chi connectivity index (χ1) is 12.2. The van der Waals surface area contributed by atoms with Gasteiger partial charge in [-0.15, -0.1) is 0 Å². The molecule has 3 aromatic carbocycles. The molecule has 1 nitrogen and oxygen atoms in total. The maximum Gasteiger partial charge on any atom is 0.0294 e. The standard InChI is InChI=1S/C23H22BrN/c1-18(19-12-14-22(24)15-13-19)25-17-16-23(20-8-4-2-5-9-20)21-10-6-3-7-11-21/h2-16,18,25H,17H2,1H3/t18-/m1/s1. The summed E-state index contributed by atoms with van der Waals surface area (Å²) in [5.74, 6) is 0. The Hall–Kier alpha value is -2.16. The van der Waals surface area contributed by atoms with Crippen LogP contribution in [0.3, 0.4) is 0 Å². The van der Waals surface area contributed by atoms with Crippen molar-refractivity contribution in [3.8, 4) is 0 Å². The van der Waals surface area contributed by atoms with Crippen molar-refractivity contribution in [3.05, 3.63) is 112 Å². The summed E-state index contributed by atoms with van der Waals surface area (Å²) in [5, 5.41) is 3.60. The second-order valence-corrected chi connectivity index (χ2v) is 6.95. The number of hydrogen-bond acceptors (Lipinski definition) is 1. The van der Waals surface area contributed by atoms with Crippen molar-refractivity contribution in [2.75, 3.05) is 6.54 Å². The number of rotatable bonds is 6. The second kappa shape index (κ2) is 8.80. The average Bonchev–Trinajstić information content (AvgIpc) is 2.67. The second-order valence-electron chi connectivity index (χ2n) is 6.03. The Balaban J connectivity index is 1.76. The van der Waals surface area contributed by atoms with Crippen molar-refractivity contribution >= 4 is 21.5 Å². The number of hydrogen-bond donors (Lipinski definition) is 1. The summed E-state index contributed by atoms with van der Waals surface area (Å²) in [6.07, 6.45) is 2.28. The molecule has 0 aromatic heterocycles. The predicted molar refractivity (Wildman–Crippen MR) is 111 cm³/mol. The molecule has 126 valence electrons. The van der Waals surface area contributed by atoms with Crippen molar-refractivity contribution in [3.63, 3.8) is 0 Å². The van der Waals surface area contributed by atoms with Crippen LogP contribution in [0.2, 0.25) is 0 Å². The fourth-order valence-electron chi connectivity index (χ4n) is 2.84. The predicted octanol–water partition coefficient (Wildman–Crippen LogP) is 6.23. The van der Waals surface area contributed by atoms with E-state index in [1.165, 1.54) is 22.3 Å². The fourth-order valence-corrected chi connectivity index (χ4v) is 3.11. The van der Waals surface area contributed by atoms with Gasteiger partial charge in [0.15, 0.2) is 0 Å². The summed E-state index contributed by atoms with van der Waals surface area (Å²) in [6, 6.07) is 29.9. The highest BCUT2D eigenvalue weighted by molar-refractivity contribution is 9.10. The molecule has 1 N–H and O–H groups in total. The first-order valence-corrected chi connectivity index (χ1v) is 9.33. The summed E-state index contributed by atoms with van der Waals surface area (Å²) < 4.78 is 1.11. The highest BCUT2D eigenvalue weighted by Crippen LogP contribution is 2.23. The van der Waals surface area contributed by atoms with Gasteiger partial charge in [0.2, 0.25) is 0 Å².